The van der Waals surface area contributed by atoms with E-state index < -0.39 is 5.79 Å². The highest BCUT2D eigenvalue weighted by Gasteiger charge is 2.16. The lowest BCUT2D eigenvalue weighted by molar-refractivity contribution is -0.146. The molecule has 0 bridgehead atoms. The van der Waals surface area contributed by atoms with E-state index in [0.29, 0.717) is 6.61 Å². The van der Waals surface area contributed by atoms with Crippen molar-refractivity contribution in [2.75, 3.05) is 13.2 Å². The minimum atomic E-state index is -0.626. The van der Waals surface area contributed by atoms with Crippen LogP contribution in [-0.2, 0) is 8.92 Å². The molecule has 0 aliphatic rings. The molecule has 4 heteroatoms. The fourth-order valence-electron chi connectivity index (χ4n) is 0.558. The molecule has 1 N–H and O–H groups in total. The highest BCUT2D eigenvalue weighted by molar-refractivity contribution is 7.75. The Morgan fingerprint density at radius 3 is 2.45 bits per heavy atom. The van der Waals surface area contributed by atoms with Gasteiger partial charge >= 0.3 is 0 Å². The van der Waals surface area contributed by atoms with Crippen LogP contribution in [0.2, 0.25) is 0 Å². The van der Waals surface area contributed by atoms with Crippen LogP contribution >= 0.6 is 12.9 Å². The van der Waals surface area contributed by atoms with Crippen molar-refractivity contribution in [3.63, 3.8) is 0 Å². The molecule has 0 amide bonds. The Bertz CT molecular complexity index is 95.7. The Morgan fingerprint density at radius 1 is 1.36 bits per heavy atom. The van der Waals surface area contributed by atoms with Crippen LogP contribution in [0.25, 0.3) is 0 Å². The van der Waals surface area contributed by atoms with Crippen LogP contribution in [0.15, 0.2) is 0 Å². The fourth-order valence-corrected chi connectivity index (χ4v) is 0.611. The molecule has 0 atom stereocenters. The molecule has 0 aromatic rings. The Labute approximate surface area is 73.3 Å². The first-order valence-electron chi connectivity index (χ1n) is 3.70. The van der Waals surface area contributed by atoms with Gasteiger partial charge in [0.05, 0.1) is 6.61 Å². The van der Waals surface area contributed by atoms with Gasteiger partial charge in [-0.15, -0.1) is 0 Å². The highest BCUT2D eigenvalue weighted by atomic mass is 32.1. The van der Waals surface area contributed by atoms with Crippen molar-refractivity contribution < 1.29 is 14.0 Å². The Balaban J connectivity index is 3.23. The van der Waals surface area contributed by atoms with Crippen LogP contribution in [-0.4, -0.2) is 24.1 Å². The maximum atomic E-state index is 8.45. The lowest BCUT2D eigenvalue weighted by atomic mass is 10.3. The van der Waals surface area contributed by atoms with E-state index in [0.717, 1.165) is 12.8 Å². The molecule has 0 rings (SSSR count). The van der Waals surface area contributed by atoms with Crippen LogP contribution in [0.4, 0.5) is 0 Å². The lowest BCUT2D eigenvalue weighted by Crippen LogP contribution is -2.25. The summed E-state index contributed by atoms with van der Waals surface area (Å²) < 4.78 is 10.00. The molecule has 0 saturated carbocycles. The topological polar surface area (TPSA) is 38.7 Å². The van der Waals surface area contributed by atoms with Crippen molar-refractivity contribution in [3.8, 4) is 0 Å². The second-order valence-electron chi connectivity index (χ2n) is 2.77. The number of aliphatic hydroxyl groups is 1. The molecule has 3 nitrogen and oxygen atoms in total. The van der Waals surface area contributed by atoms with Crippen LogP contribution < -0.4 is 0 Å². The number of aliphatic hydroxyl groups excluding tert-OH is 1. The third-order valence-corrected chi connectivity index (χ3v) is 1.66. The monoisotopic (exact) mass is 180 g/mol. The van der Waals surface area contributed by atoms with E-state index in [-0.39, 0.29) is 6.61 Å². The van der Waals surface area contributed by atoms with Gasteiger partial charge in [-0.3, -0.25) is 4.18 Å². The van der Waals surface area contributed by atoms with E-state index in [1.165, 1.54) is 0 Å². The minimum Gasteiger partial charge on any atom is -0.396 e. The Hall–Kier alpha value is 0.230. The van der Waals surface area contributed by atoms with Crippen molar-refractivity contribution in [1.82, 2.24) is 0 Å². The number of ether oxygens (including phenoxy) is 1. The van der Waals surface area contributed by atoms with Crippen LogP contribution in [0.5, 0.6) is 0 Å². The molecule has 0 unspecified atom stereocenters. The summed E-state index contributed by atoms with van der Waals surface area (Å²) in [6, 6.07) is 0. The molecule has 0 aromatic heterocycles. The molecule has 0 saturated heterocycles. The van der Waals surface area contributed by atoms with Crippen molar-refractivity contribution >= 4 is 12.9 Å². The summed E-state index contributed by atoms with van der Waals surface area (Å²) in [5.74, 6) is -0.626. The highest BCUT2D eigenvalue weighted by Crippen LogP contribution is 2.12. The molecular weight excluding hydrogens is 164 g/mol. The molecule has 68 valence electrons. The molecule has 11 heavy (non-hydrogen) atoms. The predicted octanol–water partition coefficient (Wildman–Crippen LogP) is 1.37. The average Bonchev–Trinajstić information content (AvgIpc) is 1.99. The molecular formula is C7H16O3S. The summed E-state index contributed by atoms with van der Waals surface area (Å²) in [5.41, 5.74) is 0. The normalized spacial score (nSPS) is 12.0. The fraction of sp³-hybridized carbons (Fsp3) is 1.00. The van der Waals surface area contributed by atoms with E-state index in [9.17, 15) is 0 Å². The largest absolute Gasteiger partial charge is 0.396 e. The molecule has 0 spiro atoms. The third kappa shape index (κ3) is 6.62. The standard InChI is InChI=1S/C7H16O3S/c1-7(2,10-11)9-6-4-3-5-8/h8,11H,3-6H2,1-2H3. The van der Waals surface area contributed by atoms with E-state index in [4.69, 9.17) is 14.0 Å². The van der Waals surface area contributed by atoms with Gasteiger partial charge in [0.15, 0.2) is 5.79 Å². The first kappa shape index (κ1) is 11.2. The number of rotatable bonds is 6. The zero-order valence-corrected chi connectivity index (χ0v) is 7.93. The summed E-state index contributed by atoms with van der Waals surface area (Å²) in [4.78, 5) is 0. The summed E-state index contributed by atoms with van der Waals surface area (Å²) in [6.45, 7) is 4.39. The maximum Gasteiger partial charge on any atom is 0.175 e. The number of thiol groups is 1. The van der Waals surface area contributed by atoms with Crippen LogP contribution in [0.3, 0.4) is 0 Å². The number of hydrogen-bond acceptors (Lipinski definition) is 4. The van der Waals surface area contributed by atoms with E-state index in [1.54, 1.807) is 13.8 Å². The summed E-state index contributed by atoms with van der Waals surface area (Å²) in [6.07, 6.45) is 1.61. The maximum absolute atomic E-state index is 8.45. The van der Waals surface area contributed by atoms with Crippen molar-refractivity contribution in [3.05, 3.63) is 0 Å². The van der Waals surface area contributed by atoms with Crippen LogP contribution in [0, 0.1) is 0 Å². The first-order valence-corrected chi connectivity index (χ1v) is 4.06. The smallest absolute Gasteiger partial charge is 0.175 e. The number of hydrogen-bond donors (Lipinski definition) is 2. The molecule has 0 heterocycles. The van der Waals surface area contributed by atoms with E-state index in [2.05, 4.69) is 12.9 Å². The molecule has 0 aliphatic carbocycles. The molecule has 0 aliphatic heterocycles. The van der Waals surface area contributed by atoms with Crippen molar-refractivity contribution in [2.24, 2.45) is 0 Å². The summed E-state index contributed by atoms with van der Waals surface area (Å²) >= 11 is 3.65. The number of unbranched alkanes of at least 4 members (excludes halogenated alkanes) is 1. The summed E-state index contributed by atoms with van der Waals surface area (Å²) in [7, 11) is 0. The van der Waals surface area contributed by atoms with Gasteiger partial charge in [-0.2, -0.15) is 0 Å². The van der Waals surface area contributed by atoms with Crippen molar-refractivity contribution in [2.45, 2.75) is 32.5 Å². The lowest BCUT2D eigenvalue weighted by Gasteiger charge is -2.21. The molecule has 0 aromatic carbocycles. The predicted molar refractivity (Wildman–Crippen MR) is 46.4 cm³/mol. The van der Waals surface area contributed by atoms with Gasteiger partial charge in [0, 0.05) is 6.61 Å². The van der Waals surface area contributed by atoms with Gasteiger partial charge in [0.1, 0.15) is 0 Å². The van der Waals surface area contributed by atoms with Gasteiger partial charge in [-0.05, 0) is 39.6 Å². The summed E-state index contributed by atoms with van der Waals surface area (Å²) in [5, 5.41) is 8.45. The SMILES string of the molecule is CC(C)(OS)OCCCCO. The second-order valence-corrected chi connectivity index (χ2v) is 2.95. The van der Waals surface area contributed by atoms with Gasteiger partial charge in [-0.1, -0.05) is 0 Å². The Morgan fingerprint density at radius 2 is 2.00 bits per heavy atom. The van der Waals surface area contributed by atoms with Gasteiger partial charge in [-0.25, -0.2) is 0 Å². The van der Waals surface area contributed by atoms with Crippen molar-refractivity contribution in [1.29, 1.82) is 0 Å². The van der Waals surface area contributed by atoms with E-state index in [1.807, 2.05) is 0 Å². The first-order chi connectivity index (χ1) is 5.12. The average molecular weight is 180 g/mol. The minimum absolute atomic E-state index is 0.214. The van der Waals surface area contributed by atoms with Gasteiger partial charge in [0.2, 0.25) is 0 Å². The quantitative estimate of drug-likeness (QED) is 0.281. The molecule has 0 fully saturated rings. The van der Waals surface area contributed by atoms with E-state index >= 15 is 0 Å². The van der Waals surface area contributed by atoms with Gasteiger partial charge in [0.25, 0.3) is 0 Å². The second kappa shape index (κ2) is 5.83. The van der Waals surface area contributed by atoms with Crippen LogP contribution in [0.1, 0.15) is 26.7 Å². The Kier molecular flexibility index (Phi) is 5.95. The van der Waals surface area contributed by atoms with Gasteiger partial charge < -0.3 is 9.84 Å². The third-order valence-electron chi connectivity index (χ3n) is 1.22. The zero-order valence-electron chi connectivity index (χ0n) is 7.04. The molecule has 0 radical (unpaired) electrons. The zero-order chi connectivity index (χ0) is 8.74.